The standard InChI is InChI=1S/C25H19ClN4O2/c1-16-13-23(30(29-16)20-10-6-8-18(15-20)27-2)25(32)28-19-9-5-7-17(14-19)24(31)21-11-3-4-12-22(21)26/h3-15,24,31H,1H3,(H,28,32). The van der Waals surface area contributed by atoms with Gasteiger partial charge in [0.05, 0.1) is 18.0 Å². The zero-order valence-corrected chi connectivity index (χ0v) is 17.9. The smallest absolute Gasteiger partial charge is 0.274 e. The largest absolute Gasteiger partial charge is 0.384 e. The Labute approximate surface area is 190 Å². The predicted octanol–water partition coefficient (Wildman–Crippen LogP) is 5.72. The number of hydrogen-bond donors (Lipinski definition) is 2. The summed E-state index contributed by atoms with van der Waals surface area (Å²) in [5.74, 6) is -0.358. The average molecular weight is 443 g/mol. The van der Waals surface area contributed by atoms with Crippen molar-refractivity contribution in [3.8, 4) is 5.69 Å². The molecule has 6 nitrogen and oxygen atoms in total. The summed E-state index contributed by atoms with van der Waals surface area (Å²) < 4.78 is 1.52. The molecule has 0 spiro atoms. The number of rotatable bonds is 5. The number of amides is 1. The first kappa shape index (κ1) is 21.3. The molecule has 158 valence electrons. The van der Waals surface area contributed by atoms with Gasteiger partial charge in [0.25, 0.3) is 5.91 Å². The first-order valence-corrected chi connectivity index (χ1v) is 10.2. The number of carbonyl (C=O) groups is 1. The number of nitrogens with one attached hydrogen (secondary N) is 1. The number of carbonyl (C=O) groups excluding carboxylic acids is 1. The van der Waals surface area contributed by atoms with Crippen molar-refractivity contribution in [1.82, 2.24) is 9.78 Å². The van der Waals surface area contributed by atoms with Crippen LogP contribution in [0.4, 0.5) is 11.4 Å². The molecule has 32 heavy (non-hydrogen) atoms. The van der Waals surface area contributed by atoms with E-state index in [-0.39, 0.29) is 5.91 Å². The van der Waals surface area contributed by atoms with Crippen LogP contribution in [-0.2, 0) is 0 Å². The Bertz CT molecular complexity index is 1340. The van der Waals surface area contributed by atoms with Gasteiger partial charge in [-0.3, -0.25) is 4.79 Å². The molecule has 1 atom stereocenters. The number of nitrogens with zero attached hydrogens (tertiary/aromatic N) is 3. The third kappa shape index (κ3) is 4.40. The number of anilines is 1. The second kappa shape index (κ2) is 9.06. The summed E-state index contributed by atoms with van der Waals surface area (Å²) >= 11 is 6.21. The Balaban J connectivity index is 1.61. The number of halogens is 1. The summed E-state index contributed by atoms with van der Waals surface area (Å²) in [6.07, 6.45) is -0.926. The molecule has 3 aromatic carbocycles. The van der Waals surface area contributed by atoms with Crippen LogP contribution >= 0.6 is 11.6 Å². The van der Waals surface area contributed by atoms with Gasteiger partial charge in [0, 0.05) is 16.3 Å². The summed E-state index contributed by atoms with van der Waals surface area (Å²) in [5.41, 5.74) is 3.81. The second-order valence-corrected chi connectivity index (χ2v) is 7.63. The van der Waals surface area contributed by atoms with Gasteiger partial charge in [0.15, 0.2) is 5.69 Å². The normalized spacial score (nSPS) is 11.6. The molecule has 0 fully saturated rings. The third-order valence-electron chi connectivity index (χ3n) is 4.93. The Kier molecular flexibility index (Phi) is 6.04. The lowest BCUT2D eigenvalue weighted by Crippen LogP contribution is -2.17. The molecule has 0 bridgehead atoms. The van der Waals surface area contributed by atoms with Crippen LogP contribution in [0.15, 0.2) is 78.9 Å². The SMILES string of the molecule is [C-]#[N+]c1cccc(-n2nc(C)cc2C(=O)Nc2cccc(C(O)c3ccccc3Cl)c2)c1. The summed E-state index contributed by atoms with van der Waals surface area (Å²) in [4.78, 5) is 16.5. The van der Waals surface area contributed by atoms with E-state index >= 15 is 0 Å². The van der Waals surface area contributed by atoms with E-state index in [2.05, 4.69) is 15.3 Å². The fourth-order valence-electron chi connectivity index (χ4n) is 3.41. The van der Waals surface area contributed by atoms with Gasteiger partial charge in [-0.25, -0.2) is 9.53 Å². The Morgan fingerprint density at radius 1 is 1.09 bits per heavy atom. The van der Waals surface area contributed by atoms with E-state index in [9.17, 15) is 9.90 Å². The second-order valence-electron chi connectivity index (χ2n) is 7.22. The van der Waals surface area contributed by atoms with Crippen molar-refractivity contribution < 1.29 is 9.90 Å². The lowest BCUT2D eigenvalue weighted by molar-refractivity contribution is 0.101. The molecule has 1 unspecified atom stereocenters. The summed E-state index contributed by atoms with van der Waals surface area (Å²) in [6.45, 7) is 9.01. The highest BCUT2D eigenvalue weighted by atomic mass is 35.5. The van der Waals surface area contributed by atoms with E-state index in [0.717, 1.165) is 0 Å². The highest BCUT2D eigenvalue weighted by Gasteiger charge is 2.18. The molecule has 0 aliphatic heterocycles. The van der Waals surface area contributed by atoms with Crippen molar-refractivity contribution >= 4 is 28.9 Å². The molecule has 4 aromatic rings. The van der Waals surface area contributed by atoms with Gasteiger partial charge in [-0.05, 0) is 48.9 Å². The Hall–Kier alpha value is -3.92. The Morgan fingerprint density at radius 3 is 2.66 bits per heavy atom. The Morgan fingerprint density at radius 2 is 1.88 bits per heavy atom. The maximum absolute atomic E-state index is 13.1. The van der Waals surface area contributed by atoms with Crippen LogP contribution in [0.5, 0.6) is 0 Å². The highest BCUT2D eigenvalue weighted by Crippen LogP contribution is 2.29. The maximum Gasteiger partial charge on any atom is 0.274 e. The molecule has 0 saturated heterocycles. The number of aliphatic hydroxyl groups is 1. The molecule has 0 aliphatic carbocycles. The number of hydrogen-bond acceptors (Lipinski definition) is 3. The van der Waals surface area contributed by atoms with Crippen molar-refractivity contribution in [3.05, 3.63) is 118 Å². The van der Waals surface area contributed by atoms with Gasteiger partial charge in [0.1, 0.15) is 11.8 Å². The van der Waals surface area contributed by atoms with E-state index in [1.54, 1.807) is 79.7 Å². The topological polar surface area (TPSA) is 71.5 Å². The van der Waals surface area contributed by atoms with Gasteiger partial charge in [0.2, 0.25) is 0 Å². The number of benzene rings is 3. The molecule has 2 N–H and O–H groups in total. The first-order chi connectivity index (χ1) is 15.5. The molecule has 4 rings (SSSR count). The third-order valence-corrected chi connectivity index (χ3v) is 5.27. The van der Waals surface area contributed by atoms with Crippen LogP contribution in [0.1, 0.15) is 33.4 Å². The highest BCUT2D eigenvalue weighted by molar-refractivity contribution is 6.31. The maximum atomic E-state index is 13.1. The molecule has 1 heterocycles. The monoisotopic (exact) mass is 442 g/mol. The predicted molar refractivity (Wildman–Crippen MR) is 124 cm³/mol. The van der Waals surface area contributed by atoms with Crippen molar-refractivity contribution in [1.29, 1.82) is 0 Å². The zero-order chi connectivity index (χ0) is 22.7. The fourth-order valence-corrected chi connectivity index (χ4v) is 3.65. The zero-order valence-electron chi connectivity index (χ0n) is 17.2. The van der Waals surface area contributed by atoms with Crippen molar-refractivity contribution in [2.45, 2.75) is 13.0 Å². The molecule has 7 heteroatoms. The van der Waals surface area contributed by atoms with Crippen molar-refractivity contribution in [2.75, 3.05) is 5.32 Å². The molecular formula is C25H19ClN4O2. The van der Waals surface area contributed by atoms with E-state index in [1.165, 1.54) is 4.68 Å². The minimum atomic E-state index is -0.926. The lowest BCUT2D eigenvalue weighted by atomic mass is 10.0. The fraction of sp³-hybridized carbons (Fsp3) is 0.0800. The van der Waals surface area contributed by atoms with E-state index < -0.39 is 6.10 Å². The van der Waals surface area contributed by atoms with Crippen LogP contribution in [0.3, 0.4) is 0 Å². The van der Waals surface area contributed by atoms with Crippen LogP contribution in [-0.4, -0.2) is 20.8 Å². The van der Waals surface area contributed by atoms with Gasteiger partial charge in [-0.2, -0.15) is 5.10 Å². The van der Waals surface area contributed by atoms with Crippen molar-refractivity contribution in [2.24, 2.45) is 0 Å². The molecule has 0 saturated carbocycles. The van der Waals surface area contributed by atoms with Crippen LogP contribution in [0, 0.1) is 13.5 Å². The number of aliphatic hydroxyl groups excluding tert-OH is 1. The van der Waals surface area contributed by atoms with Gasteiger partial charge in [-0.15, -0.1) is 0 Å². The van der Waals surface area contributed by atoms with Gasteiger partial charge < -0.3 is 10.4 Å². The van der Waals surface area contributed by atoms with E-state index in [4.69, 9.17) is 18.2 Å². The van der Waals surface area contributed by atoms with E-state index in [0.29, 0.717) is 44.6 Å². The quantitative estimate of drug-likeness (QED) is 0.388. The van der Waals surface area contributed by atoms with E-state index in [1.807, 2.05) is 6.07 Å². The van der Waals surface area contributed by atoms with Crippen LogP contribution in [0.25, 0.3) is 10.5 Å². The van der Waals surface area contributed by atoms with Crippen molar-refractivity contribution in [3.63, 3.8) is 0 Å². The molecular weight excluding hydrogens is 424 g/mol. The van der Waals surface area contributed by atoms with Gasteiger partial charge in [-0.1, -0.05) is 54.1 Å². The minimum absolute atomic E-state index is 0.335. The first-order valence-electron chi connectivity index (χ1n) is 9.84. The minimum Gasteiger partial charge on any atom is -0.384 e. The molecule has 1 aromatic heterocycles. The number of aryl methyl sites for hydroxylation is 1. The summed E-state index contributed by atoms with van der Waals surface area (Å²) in [6, 6.07) is 22.7. The molecule has 0 radical (unpaired) electrons. The molecule has 1 amide bonds. The number of aromatic nitrogens is 2. The summed E-state index contributed by atoms with van der Waals surface area (Å²) in [7, 11) is 0. The average Bonchev–Trinajstić information content (AvgIpc) is 3.21. The molecule has 0 aliphatic rings. The van der Waals surface area contributed by atoms with Gasteiger partial charge >= 0.3 is 0 Å². The lowest BCUT2D eigenvalue weighted by Gasteiger charge is -2.15. The summed E-state index contributed by atoms with van der Waals surface area (Å²) in [5, 5.41) is 18.5. The van der Waals surface area contributed by atoms with Crippen LogP contribution in [0.2, 0.25) is 5.02 Å². The van der Waals surface area contributed by atoms with Crippen LogP contribution < -0.4 is 5.32 Å².